The number of amides is 1. The molecule has 2 aromatic heterocycles. The van der Waals surface area contributed by atoms with Crippen LogP contribution in [0, 0.1) is 0 Å². The maximum absolute atomic E-state index is 13.5. The summed E-state index contributed by atoms with van der Waals surface area (Å²) in [5.74, 6) is 1.90. The van der Waals surface area contributed by atoms with Gasteiger partial charge in [-0.1, -0.05) is 18.2 Å². The minimum atomic E-state index is -0.0825. The van der Waals surface area contributed by atoms with E-state index in [1.165, 1.54) is 0 Å². The van der Waals surface area contributed by atoms with Gasteiger partial charge in [0, 0.05) is 25.5 Å². The van der Waals surface area contributed by atoms with Gasteiger partial charge in [-0.3, -0.25) is 9.78 Å². The van der Waals surface area contributed by atoms with Crippen molar-refractivity contribution >= 4 is 17.5 Å². The average Bonchev–Trinajstić information content (AvgIpc) is 3.30. The van der Waals surface area contributed by atoms with E-state index in [2.05, 4.69) is 20.2 Å². The second-order valence-electron chi connectivity index (χ2n) is 7.97. The Bertz CT molecular complexity index is 1040. The maximum atomic E-state index is 13.5. The van der Waals surface area contributed by atoms with Crippen LogP contribution >= 0.6 is 0 Å². The highest BCUT2D eigenvalue weighted by Crippen LogP contribution is 2.34. The molecule has 1 aromatic carbocycles. The minimum Gasteiger partial charge on any atom is -0.491 e. The van der Waals surface area contributed by atoms with Gasteiger partial charge in [0.15, 0.2) is 0 Å². The molecule has 1 N–H and O–H groups in total. The molecule has 3 heterocycles. The fraction of sp³-hybridized carbons (Fsp3) is 0.333. The lowest BCUT2D eigenvalue weighted by Crippen LogP contribution is -2.31. The van der Waals surface area contributed by atoms with E-state index in [1.807, 2.05) is 61.5 Å². The average molecular weight is 433 g/mol. The monoisotopic (exact) mass is 432 g/mol. The van der Waals surface area contributed by atoms with Gasteiger partial charge in [-0.2, -0.15) is 0 Å². The largest absolute Gasteiger partial charge is 0.491 e. The van der Waals surface area contributed by atoms with Crippen LogP contribution < -0.4 is 10.1 Å². The highest BCUT2D eigenvalue weighted by atomic mass is 16.5. The molecule has 8 heteroatoms. The van der Waals surface area contributed by atoms with E-state index >= 15 is 0 Å². The lowest BCUT2D eigenvalue weighted by Gasteiger charge is -2.25. The van der Waals surface area contributed by atoms with Crippen LogP contribution in [0.2, 0.25) is 0 Å². The number of para-hydroxylation sites is 1. The molecular formula is C24H28N6O2. The molecule has 8 nitrogen and oxygen atoms in total. The molecule has 166 valence electrons. The molecule has 0 aliphatic carbocycles. The van der Waals surface area contributed by atoms with E-state index in [9.17, 15) is 4.79 Å². The van der Waals surface area contributed by atoms with Crippen LogP contribution in [0.3, 0.4) is 0 Å². The van der Waals surface area contributed by atoms with E-state index in [-0.39, 0.29) is 11.9 Å². The zero-order valence-corrected chi connectivity index (χ0v) is 18.4. The molecule has 0 saturated carbocycles. The Kier molecular flexibility index (Phi) is 6.91. The summed E-state index contributed by atoms with van der Waals surface area (Å²) in [6.45, 7) is 2.00. The number of rotatable bonds is 8. The quantitative estimate of drug-likeness (QED) is 0.583. The summed E-state index contributed by atoms with van der Waals surface area (Å²) in [6, 6.07) is 13.2. The summed E-state index contributed by atoms with van der Waals surface area (Å²) < 4.78 is 5.93. The van der Waals surface area contributed by atoms with Gasteiger partial charge in [0.2, 0.25) is 0 Å². The number of pyridine rings is 1. The standard InChI is InChI=1S/C24H28N6O2/c1-29(2)15-16-32-21-10-4-3-7-18(21)24(31)30-14-6-9-20(30)19-8-5-11-22(27-19)28-23-17-25-12-13-26-23/h3-5,7-8,10-13,17,20H,6,9,14-16H2,1-2H3,(H,26,27,28). The zero-order chi connectivity index (χ0) is 22.3. The van der Waals surface area contributed by atoms with E-state index < -0.39 is 0 Å². The molecule has 32 heavy (non-hydrogen) atoms. The van der Waals surface area contributed by atoms with Crippen molar-refractivity contribution in [2.24, 2.45) is 0 Å². The summed E-state index contributed by atoms with van der Waals surface area (Å²) >= 11 is 0. The third-order valence-electron chi connectivity index (χ3n) is 5.36. The van der Waals surface area contributed by atoms with Crippen molar-refractivity contribution in [3.63, 3.8) is 0 Å². The minimum absolute atomic E-state index is 0.0259. The number of carbonyl (C=O) groups is 1. The first-order valence-electron chi connectivity index (χ1n) is 10.8. The first-order valence-corrected chi connectivity index (χ1v) is 10.8. The summed E-state index contributed by atoms with van der Waals surface area (Å²) in [5, 5.41) is 3.17. The van der Waals surface area contributed by atoms with Crippen molar-refractivity contribution in [3.05, 3.63) is 72.3 Å². The Morgan fingerprint density at radius 2 is 2.03 bits per heavy atom. The second kappa shape index (κ2) is 10.2. The van der Waals surface area contributed by atoms with Gasteiger partial charge in [0.25, 0.3) is 5.91 Å². The van der Waals surface area contributed by atoms with Crippen LogP contribution in [-0.2, 0) is 0 Å². The Morgan fingerprint density at radius 3 is 2.84 bits per heavy atom. The van der Waals surface area contributed by atoms with Crippen molar-refractivity contribution in [1.82, 2.24) is 24.8 Å². The summed E-state index contributed by atoms with van der Waals surface area (Å²) in [6.07, 6.45) is 6.70. The number of likely N-dealkylation sites (tertiary alicyclic amines) is 1. The summed E-state index contributed by atoms with van der Waals surface area (Å²) in [5.41, 5.74) is 1.45. The lowest BCUT2D eigenvalue weighted by molar-refractivity contribution is 0.0728. The molecule has 4 rings (SSSR count). The van der Waals surface area contributed by atoms with Crippen molar-refractivity contribution in [2.45, 2.75) is 18.9 Å². The third kappa shape index (κ3) is 5.20. The molecule has 1 atom stereocenters. The molecular weight excluding hydrogens is 404 g/mol. The highest BCUT2D eigenvalue weighted by Gasteiger charge is 2.32. The molecule has 0 bridgehead atoms. The number of carbonyl (C=O) groups excluding carboxylic acids is 1. The Morgan fingerprint density at radius 1 is 1.16 bits per heavy atom. The maximum Gasteiger partial charge on any atom is 0.258 e. The first-order chi connectivity index (χ1) is 15.6. The van der Waals surface area contributed by atoms with E-state index in [0.717, 1.165) is 25.1 Å². The number of anilines is 2. The van der Waals surface area contributed by atoms with Crippen LogP contribution in [0.4, 0.5) is 11.6 Å². The predicted octanol–water partition coefficient (Wildman–Crippen LogP) is 3.53. The third-order valence-corrected chi connectivity index (χ3v) is 5.36. The van der Waals surface area contributed by atoms with Gasteiger partial charge in [-0.25, -0.2) is 9.97 Å². The van der Waals surface area contributed by atoms with Gasteiger partial charge >= 0.3 is 0 Å². The normalized spacial score (nSPS) is 15.7. The van der Waals surface area contributed by atoms with Gasteiger partial charge in [0.1, 0.15) is 24.0 Å². The van der Waals surface area contributed by atoms with Crippen molar-refractivity contribution < 1.29 is 9.53 Å². The predicted molar refractivity (Wildman–Crippen MR) is 123 cm³/mol. The van der Waals surface area contributed by atoms with Crippen molar-refractivity contribution in [1.29, 1.82) is 0 Å². The number of ether oxygens (including phenoxy) is 1. The lowest BCUT2D eigenvalue weighted by atomic mass is 10.1. The number of nitrogens with one attached hydrogen (secondary N) is 1. The van der Waals surface area contributed by atoms with Crippen LogP contribution in [0.1, 0.15) is 34.9 Å². The molecule has 1 fully saturated rings. The number of hydrogen-bond donors (Lipinski definition) is 1. The molecule has 1 aliphatic rings. The fourth-order valence-corrected chi connectivity index (χ4v) is 3.78. The highest BCUT2D eigenvalue weighted by molar-refractivity contribution is 5.97. The number of likely N-dealkylation sites (N-methyl/N-ethyl adjacent to an activating group) is 1. The second-order valence-corrected chi connectivity index (χ2v) is 7.97. The molecule has 3 aromatic rings. The van der Waals surface area contributed by atoms with E-state index in [1.54, 1.807) is 18.6 Å². The Labute approximate surface area is 188 Å². The van der Waals surface area contributed by atoms with Gasteiger partial charge < -0.3 is 19.9 Å². The van der Waals surface area contributed by atoms with E-state index in [4.69, 9.17) is 9.72 Å². The smallest absolute Gasteiger partial charge is 0.258 e. The number of hydrogen-bond acceptors (Lipinski definition) is 7. The van der Waals surface area contributed by atoms with Crippen LogP contribution in [0.15, 0.2) is 61.1 Å². The molecule has 1 amide bonds. The number of aromatic nitrogens is 3. The molecule has 1 unspecified atom stereocenters. The first kappa shape index (κ1) is 21.7. The number of benzene rings is 1. The molecule has 1 aliphatic heterocycles. The van der Waals surface area contributed by atoms with Crippen molar-refractivity contribution in [2.75, 3.05) is 39.1 Å². The van der Waals surface area contributed by atoms with E-state index in [0.29, 0.717) is 36.1 Å². The molecule has 0 radical (unpaired) electrons. The Balaban J connectivity index is 1.52. The topological polar surface area (TPSA) is 83.5 Å². The molecule has 1 saturated heterocycles. The fourth-order valence-electron chi connectivity index (χ4n) is 3.78. The number of nitrogens with zero attached hydrogens (tertiary/aromatic N) is 5. The summed E-state index contributed by atoms with van der Waals surface area (Å²) in [7, 11) is 3.99. The van der Waals surface area contributed by atoms with Gasteiger partial charge in [-0.15, -0.1) is 0 Å². The Hall–Kier alpha value is -3.52. The van der Waals surface area contributed by atoms with Crippen molar-refractivity contribution in [3.8, 4) is 5.75 Å². The zero-order valence-electron chi connectivity index (χ0n) is 18.4. The van der Waals surface area contributed by atoms with Gasteiger partial charge in [-0.05, 0) is 51.2 Å². The van der Waals surface area contributed by atoms with Gasteiger partial charge in [0.05, 0.1) is 23.5 Å². The van der Waals surface area contributed by atoms with Crippen LogP contribution in [0.5, 0.6) is 5.75 Å². The summed E-state index contributed by atoms with van der Waals surface area (Å²) in [4.78, 5) is 30.5. The van der Waals surface area contributed by atoms with Crippen LogP contribution in [0.25, 0.3) is 0 Å². The van der Waals surface area contributed by atoms with Crippen LogP contribution in [-0.4, -0.2) is 64.5 Å². The SMILES string of the molecule is CN(C)CCOc1ccccc1C(=O)N1CCCC1c1cccc(Nc2cnccn2)n1. The molecule has 0 spiro atoms.